The number of fused-ring (bicyclic) bond motifs is 4. The minimum Gasteiger partial charge on any atom is -0.337 e. The van der Waals surface area contributed by atoms with Gasteiger partial charge < -0.3 is 9.47 Å². The van der Waals surface area contributed by atoms with Gasteiger partial charge in [-0.2, -0.15) is 0 Å². The van der Waals surface area contributed by atoms with Gasteiger partial charge in [-0.15, -0.1) is 0 Å². The van der Waals surface area contributed by atoms with E-state index < -0.39 is 0 Å². The zero-order chi connectivity index (χ0) is 26.2. The van der Waals surface area contributed by atoms with E-state index in [4.69, 9.17) is 0 Å². The maximum Gasteiger partial charge on any atom is 0.0541 e. The molecule has 0 spiro atoms. The maximum absolute atomic E-state index is 2.41. The smallest absolute Gasteiger partial charge is 0.0541 e. The fraction of sp³-hybridized carbons (Fsp3) is 0.0811. The molecule has 0 fully saturated rings. The van der Waals surface area contributed by atoms with E-state index in [9.17, 15) is 0 Å². The Morgan fingerprint density at radius 3 is 1.79 bits per heavy atom. The zero-order valence-electron chi connectivity index (χ0n) is 22.0. The topological polar surface area (TPSA) is 8.17 Å². The number of para-hydroxylation sites is 3. The van der Waals surface area contributed by atoms with Crippen molar-refractivity contribution in [3.05, 3.63) is 151 Å². The molecule has 6 aromatic rings. The third kappa shape index (κ3) is 4.15. The molecule has 0 saturated carbocycles. The quantitative estimate of drug-likeness (QED) is 0.234. The Bertz CT molecular complexity index is 1780. The van der Waals surface area contributed by atoms with Gasteiger partial charge in [-0.25, -0.2) is 0 Å². The summed E-state index contributed by atoms with van der Waals surface area (Å²) in [6.45, 7) is 3.10. The number of aromatic nitrogens is 1. The Balaban J connectivity index is 1.22. The summed E-state index contributed by atoms with van der Waals surface area (Å²) in [5.41, 5.74) is 9.90. The highest BCUT2D eigenvalue weighted by Crippen LogP contribution is 2.36. The molecule has 0 saturated heterocycles. The largest absolute Gasteiger partial charge is 0.337 e. The third-order valence-electron chi connectivity index (χ3n) is 7.87. The van der Waals surface area contributed by atoms with E-state index in [1.165, 1.54) is 55.6 Å². The number of rotatable bonds is 3. The Hall–Kier alpha value is -4.82. The van der Waals surface area contributed by atoms with Crippen LogP contribution in [0.2, 0.25) is 0 Å². The van der Waals surface area contributed by atoms with Crippen LogP contribution in [0, 0.1) is 0 Å². The predicted molar refractivity (Wildman–Crippen MR) is 166 cm³/mol. The van der Waals surface area contributed by atoms with Gasteiger partial charge in [0.05, 0.1) is 11.0 Å². The molecule has 1 unspecified atom stereocenters. The Kier molecular flexibility index (Phi) is 5.86. The summed E-state index contributed by atoms with van der Waals surface area (Å²) in [6, 6.07) is 44.0. The highest BCUT2D eigenvalue weighted by Gasteiger charge is 2.16. The fourth-order valence-corrected chi connectivity index (χ4v) is 5.88. The molecule has 1 aliphatic rings. The molecule has 1 atom stereocenters. The lowest BCUT2D eigenvalue weighted by Gasteiger charge is -2.27. The zero-order valence-corrected chi connectivity index (χ0v) is 22.0. The van der Waals surface area contributed by atoms with Crippen molar-refractivity contribution in [2.75, 3.05) is 11.4 Å². The molecule has 7 rings (SSSR count). The van der Waals surface area contributed by atoms with Crippen LogP contribution < -0.4 is 4.90 Å². The van der Waals surface area contributed by atoms with Crippen LogP contribution in [0.25, 0.3) is 38.6 Å². The first-order valence-electron chi connectivity index (χ1n) is 13.7. The molecule has 0 N–H and O–H groups in total. The van der Waals surface area contributed by atoms with Crippen molar-refractivity contribution in [2.45, 2.75) is 12.8 Å². The second kappa shape index (κ2) is 9.81. The van der Waals surface area contributed by atoms with Gasteiger partial charge in [0.1, 0.15) is 0 Å². The van der Waals surface area contributed by atoms with E-state index in [1.807, 2.05) is 0 Å². The molecule has 39 heavy (non-hydrogen) atoms. The van der Waals surface area contributed by atoms with Gasteiger partial charge in [-0.1, -0.05) is 110 Å². The molecule has 1 aliphatic heterocycles. The van der Waals surface area contributed by atoms with Crippen LogP contribution in [-0.4, -0.2) is 11.1 Å². The highest BCUT2D eigenvalue weighted by atomic mass is 15.1. The molecule has 5 aromatic carbocycles. The van der Waals surface area contributed by atoms with Crippen molar-refractivity contribution in [3.63, 3.8) is 0 Å². The minimum atomic E-state index is 0.360. The molecule has 0 radical (unpaired) electrons. The van der Waals surface area contributed by atoms with Gasteiger partial charge in [-0.3, -0.25) is 0 Å². The lowest BCUT2D eigenvalue weighted by atomic mass is 9.97. The fourth-order valence-electron chi connectivity index (χ4n) is 5.88. The van der Waals surface area contributed by atoms with E-state index in [0.717, 1.165) is 6.54 Å². The molecule has 2 heterocycles. The molecule has 0 aliphatic carbocycles. The van der Waals surface area contributed by atoms with Crippen LogP contribution in [0.5, 0.6) is 0 Å². The summed E-state index contributed by atoms with van der Waals surface area (Å²) >= 11 is 0. The van der Waals surface area contributed by atoms with Crippen LogP contribution in [0.3, 0.4) is 0 Å². The number of hydrogen-bond acceptors (Lipinski definition) is 1. The lowest BCUT2D eigenvalue weighted by molar-refractivity contribution is 0.951. The molecule has 0 amide bonds. The van der Waals surface area contributed by atoms with Crippen molar-refractivity contribution >= 4 is 33.2 Å². The van der Waals surface area contributed by atoms with Crippen molar-refractivity contribution in [1.82, 2.24) is 4.57 Å². The Labute approximate surface area is 229 Å². The van der Waals surface area contributed by atoms with Gasteiger partial charge >= 0.3 is 0 Å². The molecular formula is C37H30N2. The summed E-state index contributed by atoms with van der Waals surface area (Å²) in [7, 11) is 0. The van der Waals surface area contributed by atoms with Gasteiger partial charge in [0, 0.05) is 40.3 Å². The van der Waals surface area contributed by atoms with E-state index in [2.05, 4.69) is 162 Å². The summed E-state index contributed by atoms with van der Waals surface area (Å²) in [5, 5.41) is 2.57. The predicted octanol–water partition coefficient (Wildman–Crippen LogP) is 9.82. The second-order valence-electron chi connectivity index (χ2n) is 10.2. The molecule has 2 nitrogen and oxygen atoms in total. The standard InChI is InChI=1S/C37H30N2/c1-27-11-3-2-10-26-38(35-15-7-4-12-32(27)35)30-22-18-28(19-23-30)29-20-24-31(25-21-29)39-36-16-8-5-13-33(36)34-14-6-9-17-37(34)39/h2-25,27H,26H2,1H3/b10-2-,11-3-. The summed E-state index contributed by atoms with van der Waals surface area (Å²) < 4.78 is 2.36. The van der Waals surface area contributed by atoms with Crippen LogP contribution in [0.1, 0.15) is 18.4 Å². The van der Waals surface area contributed by atoms with Crippen LogP contribution in [0.15, 0.2) is 146 Å². The first kappa shape index (κ1) is 23.3. The van der Waals surface area contributed by atoms with Crippen molar-refractivity contribution < 1.29 is 0 Å². The molecule has 1 aromatic heterocycles. The Morgan fingerprint density at radius 1 is 0.564 bits per heavy atom. The summed E-state index contributed by atoms with van der Waals surface area (Å²) in [4.78, 5) is 2.41. The van der Waals surface area contributed by atoms with Crippen molar-refractivity contribution in [2.24, 2.45) is 0 Å². The van der Waals surface area contributed by atoms with Crippen LogP contribution in [0.4, 0.5) is 11.4 Å². The van der Waals surface area contributed by atoms with Gasteiger partial charge in [0.25, 0.3) is 0 Å². The van der Waals surface area contributed by atoms with E-state index in [0.29, 0.717) is 5.92 Å². The molecule has 2 heteroatoms. The Morgan fingerprint density at radius 2 is 1.13 bits per heavy atom. The van der Waals surface area contributed by atoms with Gasteiger partial charge in [0.2, 0.25) is 0 Å². The van der Waals surface area contributed by atoms with Crippen LogP contribution >= 0.6 is 0 Å². The normalized spacial score (nSPS) is 16.8. The van der Waals surface area contributed by atoms with E-state index >= 15 is 0 Å². The lowest BCUT2D eigenvalue weighted by Crippen LogP contribution is -2.18. The first-order chi connectivity index (χ1) is 19.3. The molecule has 0 bridgehead atoms. The van der Waals surface area contributed by atoms with E-state index in [-0.39, 0.29) is 0 Å². The molecule has 188 valence electrons. The van der Waals surface area contributed by atoms with Crippen molar-refractivity contribution in [1.29, 1.82) is 0 Å². The highest BCUT2D eigenvalue weighted by molar-refractivity contribution is 6.09. The number of nitrogens with zero attached hydrogens (tertiary/aromatic N) is 2. The maximum atomic E-state index is 2.41. The van der Waals surface area contributed by atoms with E-state index in [1.54, 1.807) is 0 Å². The van der Waals surface area contributed by atoms with Gasteiger partial charge in [0.15, 0.2) is 0 Å². The summed E-state index contributed by atoms with van der Waals surface area (Å²) in [5.74, 6) is 0.360. The SMILES string of the molecule is CC1/C=C\C=C/CN(c2ccc(-c3ccc(-n4c5ccccc5c5ccccc54)cc3)cc2)c2ccccc21. The monoisotopic (exact) mass is 502 g/mol. The van der Waals surface area contributed by atoms with Crippen LogP contribution in [-0.2, 0) is 0 Å². The molecular weight excluding hydrogens is 472 g/mol. The number of benzene rings is 5. The number of allylic oxidation sites excluding steroid dienone is 3. The second-order valence-corrected chi connectivity index (χ2v) is 10.2. The third-order valence-corrected chi connectivity index (χ3v) is 7.87. The minimum absolute atomic E-state index is 0.360. The average Bonchev–Trinajstić information content (AvgIpc) is 3.36. The van der Waals surface area contributed by atoms with Crippen molar-refractivity contribution in [3.8, 4) is 16.8 Å². The summed E-state index contributed by atoms with van der Waals surface area (Å²) in [6.07, 6.45) is 8.82. The average molecular weight is 503 g/mol. The van der Waals surface area contributed by atoms with Gasteiger partial charge in [-0.05, 0) is 59.2 Å². The number of hydrogen-bond donors (Lipinski definition) is 0. The number of anilines is 2. The first-order valence-corrected chi connectivity index (χ1v) is 13.7.